The fourth-order valence-electron chi connectivity index (χ4n) is 1.73. The molecule has 0 saturated heterocycles. The van der Waals surface area contributed by atoms with Crippen molar-refractivity contribution in [3.05, 3.63) is 35.1 Å². The first-order valence-corrected chi connectivity index (χ1v) is 7.23. The van der Waals surface area contributed by atoms with Crippen LogP contribution in [0.25, 0.3) is 0 Å². The zero-order chi connectivity index (χ0) is 14.5. The average molecular weight is 295 g/mol. The lowest BCUT2D eigenvalue weighted by molar-refractivity contribution is -0.140. The van der Waals surface area contributed by atoms with Gasteiger partial charge in [0.15, 0.2) is 0 Å². The van der Waals surface area contributed by atoms with Gasteiger partial charge >= 0.3 is 6.18 Å². The summed E-state index contributed by atoms with van der Waals surface area (Å²) in [7, 11) is 0. The fourth-order valence-corrected chi connectivity index (χ4v) is 2.51. The van der Waals surface area contributed by atoms with Gasteiger partial charge in [0.05, 0.1) is 5.56 Å². The van der Waals surface area contributed by atoms with Crippen molar-refractivity contribution >= 4 is 11.8 Å². The minimum absolute atomic E-state index is 0.198. The molecule has 1 aromatic carbocycles. The summed E-state index contributed by atoms with van der Waals surface area (Å²) in [6, 6.07) is 3.00. The molecule has 19 heavy (non-hydrogen) atoms. The van der Waals surface area contributed by atoms with Crippen LogP contribution in [0.3, 0.4) is 0 Å². The highest BCUT2D eigenvalue weighted by atomic mass is 32.2. The standard InChI is InChI=1S/C13H17F4NS/c1-3-18-12(8-19-4-2)9-5-6-11(14)10(7-9)13(15,16)17/h5-7,12,18H,3-4,8H2,1-2H3. The lowest BCUT2D eigenvalue weighted by atomic mass is 10.0. The van der Waals surface area contributed by atoms with Gasteiger partial charge in [-0.25, -0.2) is 4.39 Å². The summed E-state index contributed by atoms with van der Waals surface area (Å²) in [5, 5.41) is 3.12. The molecule has 0 aromatic heterocycles. The van der Waals surface area contributed by atoms with Gasteiger partial charge in [0, 0.05) is 11.8 Å². The second-order valence-electron chi connectivity index (χ2n) is 4.01. The molecule has 108 valence electrons. The molecule has 1 nitrogen and oxygen atoms in total. The normalized spacial score (nSPS) is 13.6. The van der Waals surface area contributed by atoms with Gasteiger partial charge in [-0.1, -0.05) is 19.9 Å². The molecule has 6 heteroatoms. The number of nitrogens with one attached hydrogen (secondary N) is 1. The van der Waals surface area contributed by atoms with E-state index in [0.717, 1.165) is 17.9 Å². The van der Waals surface area contributed by atoms with E-state index in [0.29, 0.717) is 17.9 Å². The molecule has 1 atom stereocenters. The van der Waals surface area contributed by atoms with Crippen molar-refractivity contribution in [2.45, 2.75) is 26.1 Å². The van der Waals surface area contributed by atoms with Gasteiger partial charge in [0.2, 0.25) is 0 Å². The van der Waals surface area contributed by atoms with Gasteiger partial charge < -0.3 is 5.32 Å². The van der Waals surface area contributed by atoms with Crippen molar-refractivity contribution in [1.29, 1.82) is 0 Å². The van der Waals surface area contributed by atoms with Gasteiger partial charge in [0.25, 0.3) is 0 Å². The van der Waals surface area contributed by atoms with Gasteiger partial charge in [-0.05, 0) is 30.0 Å². The van der Waals surface area contributed by atoms with Gasteiger partial charge in [0.1, 0.15) is 5.82 Å². The third-order valence-electron chi connectivity index (χ3n) is 2.64. The highest BCUT2D eigenvalue weighted by Gasteiger charge is 2.34. The van der Waals surface area contributed by atoms with Gasteiger partial charge in [-0.2, -0.15) is 24.9 Å². The molecule has 0 spiro atoms. The van der Waals surface area contributed by atoms with E-state index < -0.39 is 17.6 Å². The number of alkyl halides is 3. The van der Waals surface area contributed by atoms with Crippen LogP contribution in [-0.2, 0) is 6.18 Å². The van der Waals surface area contributed by atoms with Crippen molar-refractivity contribution in [3.8, 4) is 0 Å². The molecular formula is C13H17F4NS. The summed E-state index contributed by atoms with van der Waals surface area (Å²) in [5.41, 5.74) is -0.731. The Labute approximate surface area is 114 Å². The van der Waals surface area contributed by atoms with Crippen LogP contribution < -0.4 is 5.32 Å². The average Bonchev–Trinajstić information content (AvgIpc) is 2.34. The van der Waals surface area contributed by atoms with Crippen LogP contribution in [0.5, 0.6) is 0 Å². The van der Waals surface area contributed by atoms with Crippen molar-refractivity contribution in [3.63, 3.8) is 0 Å². The molecule has 0 bridgehead atoms. The molecular weight excluding hydrogens is 278 g/mol. The molecule has 0 saturated carbocycles. The topological polar surface area (TPSA) is 12.0 Å². The monoisotopic (exact) mass is 295 g/mol. The number of benzene rings is 1. The lowest BCUT2D eigenvalue weighted by Crippen LogP contribution is -2.23. The van der Waals surface area contributed by atoms with Crippen molar-refractivity contribution in [1.82, 2.24) is 5.32 Å². The molecule has 1 aromatic rings. The minimum atomic E-state index is -4.66. The van der Waals surface area contributed by atoms with Crippen LogP contribution in [0.15, 0.2) is 18.2 Å². The molecule has 0 amide bonds. The first kappa shape index (κ1) is 16.3. The molecule has 0 radical (unpaired) electrons. The highest BCUT2D eigenvalue weighted by Crippen LogP contribution is 2.33. The molecule has 1 N–H and O–H groups in total. The Morgan fingerprint density at radius 2 is 1.95 bits per heavy atom. The Morgan fingerprint density at radius 3 is 2.47 bits per heavy atom. The smallest absolute Gasteiger partial charge is 0.310 e. The van der Waals surface area contributed by atoms with E-state index in [1.54, 1.807) is 11.8 Å². The Kier molecular flexibility index (Phi) is 6.13. The van der Waals surface area contributed by atoms with E-state index in [4.69, 9.17) is 0 Å². The number of hydrogen-bond donors (Lipinski definition) is 1. The molecule has 0 fully saturated rings. The molecule has 0 heterocycles. The van der Waals surface area contributed by atoms with E-state index in [1.807, 2.05) is 13.8 Å². The van der Waals surface area contributed by atoms with Crippen LogP contribution in [0, 0.1) is 5.82 Å². The third-order valence-corrected chi connectivity index (χ3v) is 3.61. The van der Waals surface area contributed by atoms with Crippen molar-refractivity contribution < 1.29 is 17.6 Å². The second kappa shape index (κ2) is 7.14. The quantitative estimate of drug-likeness (QED) is 0.787. The van der Waals surface area contributed by atoms with Gasteiger partial charge in [-0.3, -0.25) is 0 Å². The molecule has 0 aliphatic heterocycles. The first-order chi connectivity index (χ1) is 8.90. The minimum Gasteiger partial charge on any atom is -0.310 e. The molecule has 1 rings (SSSR count). The van der Waals surface area contributed by atoms with Crippen molar-refractivity contribution in [2.75, 3.05) is 18.1 Å². The van der Waals surface area contributed by atoms with Crippen LogP contribution in [0.4, 0.5) is 17.6 Å². The van der Waals surface area contributed by atoms with E-state index >= 15 is 0 Å². The summed E-state index contributed by atoms with van der Waals surface area (Å²) >= 11 is 1.63. The number of rotatable bonds is 6. The van der Waals surface area contributed by atoms with Crippen LogP contribution in [-0.4, -0.2) is 18.1 Å². The fraction of sp³-hybridized carbons (Fsp3) is 0.538. The maximum Gasteiger partial charge on any atom is 0.419 e. The number of hydrogen-bond acceptors (Lipinski definition) is 2. The third kappa shape index (κ3) is 4.69. The zero-order valence-corrected chi connectivity index (χ0v) is 11.7. The largest absolute Gasteiger partial charge is 0.419 e. The highest BCUT2D eigenvalue weighted by molar-refractivity contribution is 7.99. The van der Waals surface area contributed by atoms with E-state index in [9.17, 15) is 17.6 Å². The Hall–Kier alpha value is -0.750. The van der Waals surface area contributed by atoms with E-state index in [1.165, 1.54) is 6.07 Å². The first-order valence-electron chi connectivity index (χ1n) is 6.07. The summed E-state index contributed by atoms with van der Waals surface area (Å²) in [5.74, 6) is 0.317. The van der Waals surface area contributed by atoms with Gasteiger partial charge in [-0.15, -0.1) is 0 Å². The second-order valence-corrected chi connectivity index (χ2v) is 5.33. The lowest BCUT2D eigenvalue weighted by Gasteiger charge is -2.19. The van der Waals surface area contributed by atoms with E-state index in [2.05, 4.69) is 5.32 Å². The molecule has 0 aliphatic rings. The number of thioether (sulfide) groups is 1. The van der Waals surface area contributed by atoms with Crippen LogP contribution in [0.2, 0.25) is 0 Å². The Bertz CT molecular complexity index is 406. The Morgan fingerprint density at radius 1 is 1.26 bits per heavy atom. The predicted molar refractivity (Wildman–Crippen MR) is 70.8 cm³/mol. The van der Waals surface area contributed by atoms with Crippen molar-refractivity contribution in [2.24, 2.45) is 0 Å². The number of halogens is 4. The molecule has 1 unspecified atom stereocenters. The van der Waals surface area contributed by atoms with Crippen LogP contribution >= 0.6 is 11.8 Å². The SMILES string of the molecule is CCNC(CSCC)c1ccc(F)c(C(F)(F)F)c1. The summed E-state index contributed by atoms with van der Waals surface area (Å²) in [4.78, 5) is 0. The maximum absolute atomic E-state index is 13.2. The predicted octanol–water partition coefficient (Wildman–Crippen LogP) is 4.25. The summed E-state index contributed by atoms with van der Waals surface area (Å²) < 4.78 is 51.2. The summed E-state index contributed by atoms with van der Waals surface area (Å²) in [6.07, 6.45) is -4.66. The van der Waals surface area contributed by atoms with Crippen LogP contribution in [0.1, 0.15) is 31.0 Å². The molecule has 0 aliphatic carbocycles. The van der Waals surface area contributed by atoms with E-state index in [-0.39, 0.29) is 6.04 Å². The Balaban J connectivity index is 3.03. The zero-order valence-electron chi connectivity index (χ0n) is 10.9. The summed E-state index contributed by atoms with van der Waals surface area (Å²) in [6.45, 7) is 4.52. The maximum atomic E-state index is 13.2.